The van der Waals surface area contributed by atoms with Gasteiger partial charge in [-0.3, -0.25) is 0 Å². The molecule has 0 unspecified atom stereocenters. The van der Waals surface area contributed by atoms with Crippen LogP contribution in [0.1, 0.15) is 11.1 Å². The summed E-state index contributed by atoms with van der Waals surface area (Å²) >= 11 is 0. The first-order chi connectivity index (χ1) is 6.95. The van der Waals surface area contributed by atoms with Gasteiger partial charge >= 0.3 is 6.18 Å². The number of alkyl halides is 3. The highest BCUT2D eigenvalue weighted by molar-refractivity contribution is 5.59. The zero-order valence-electron chi connectivity index (χ0n) is 7.55. The summed E-state index contributed by atoms with van der Waals surface area (Å²) in [6.07, 6.45) is -3.69. The van der Waals surface area contributed by atoms with Gasteiger partial charge in [0.2, 0.25) is 0 Å². The Bertz CT molecular complexity index is 368. The van der Waals surface area contributed by atoms with E-state index in [9.17, 15) is 17.6 Å². The van der Waals surface area contributed by atoms with Crippen molar-refractivity contribution in [1.29, 1.82) is 0 Å². The largest absolute Gasteiger partial charge is 0.416 e. The molecule has 0 saturated carbocycles. The minimum Gasteiger partial charge on any atom is -0.392 e. The van der Waals surface area contributed by atoms with Gasteiger partial charge < -0.3 is 5.11 Å². The van der Waals surface area contributed by atoms with Crippen LogP contribution in [0.15, 0.2) is 30.3 Å². The van der Waals surface area contributed by atoms with Crippen molar-refractivity contribution in [2.45, 2.75) is 6.18 Å². The summed E-state index contributed by atoms with van der Waals surface area (Å²) in [6.45, 7) is -0.553. The molecule has 0 heterocycles. The fraction of sp³-hybridized carbons (Fsp3) is 0.200. The normalized spacial score (nSPS) is 13.0. The lowest BCUT2D eigenvalue weighted by atomic mass is 10.1. The monoisotopic (exact) mass is 220 g/mol. The molecule has 0 aliphatic carbocycles. The maximum Gasteiger partial charge on any atom is 0.416 e. The molecule has 0 saturated heterocycles. The fourth-order valence-corrected chi connectivity index (χ4v) is 1.04. The number of benzene rings is 1. The lowest BCUT2D eigenvalue weighted by Crippen LogP contribution is -2.04. The first-order valence-electron chi connectivity index (χ1n) is 4.09. The van der Waals surface area contributed by atoms with Crippen LogP contribution in [-0.2, 0) is 6.18 Å². The van der Waals surface area contributed by atoms with Crippen LogP contribution in [0.3, 0.4) is 0 Å². The smallest absolute Gasteiger partial charge is 0.392 e. The van der Waals surface area contributed by atoms with Crippen LogP contribution in [0.2, 0.25) is 0 Å². The average Bonchev–Trinajstić information content (AvgIpc) is 2.17. The van der Waals surface area contributed by atoms with Crippen molar-refractivity contribution >= 4 is 5.83 Å². The molecule has 1 aromatic carbocycles. The van der Waals surface area contributed by atoms with Crippen LogP contribution < -0.4 is 0 Å². The van der Waals surface area contributed by atoms with Crippen molar-refractivity contribution in [1.82, 2.24) is 0 Å². The van der Waals surface area contributed by atoms with E-state index in [1.807, 2.05) is 0 Å². The topological polar surface area (TPSA) is 20.2 Å². The van der Waals surface area contributed by atoms with Gasteiger partial charge in [-0.2, -0.15) is 13.2 Å². The lowest BCUT2D eigenvalue weighted by molar-refractivity contribution is -0.137. The molecule has 0 bridgehead atoms. The summed E-state index contributed by atoms with van der Waals surface area (Å²) in [4.78, 5) is 0. The van der Waals surface area contributed by atoms with Crippen LogP contribution in [0, 0.1) is 0 Å². The third-order valence-electron chi connectivity index (χ3n) is 1.74. The summed E-state index contributed by atoms with van der Waals surface area (Å²) in [5.74, 6) is -0.872. The highest BCUT2D eigenvalue weighted by Gasteiger charge is 2.30. The van der Waals surface area contributed by atoms with E-state index in [0.717, 1.165) is 18.2 Å². The zero-order valence-corrected chi connectivity index (χ0v) is 7.55. The zero-order chi connectivity index (χ0) is 11.5. The Hall–Kier alpha value is -1.36. The van der Waals surface area contributed by atoms with E-state index in [4.69, 9.17) is 5.11 Å². The molecule has 0 spiro atoms. The van der Waals surface area contributed by atoms with Crippen molar-refractivity contribution in [2.24, 2.45) is 0 Å². The quantitative estimate of drug-likeness (QED) is 0.759. The number of aliphatic hydroxyl groups excluding tert-OH is 1. The molecule has 1 N–H and O–H groups in total. The van der Waals surface area contributed by atoms with Crippen molar-refractivity contribution in [3.8, 4) is 0 Å². The highest BCUT2D eigenvalue weighted by atomic mass is 19.4. The summed E-state index contributed by atoms with van der Waals surface area (Å²) in [6, 6.07) is 3.87. The summed E-state index contributed by atoms with van der Waals surface area (Å²) in [5, 5.41) is 8.39. The number of rotatable bonds is 2. The Morgan fingerprint density at radius 2 is 2.00 bits per heavy atom. The summed E-state index contributed by atoms with van der Waals surface area (Å²) < 4.78 is 49.7. The first-order valence-corrected chi connectivity index (χ1v) is 4.09. The second-order valence-corrected chi connectivity index (χ2v) is 2.81. The van der Waals surface area contributed by atoms with E-state index in [2.05, 4.69) is 0 Å². The van der Waals surface area contributed by atoms with E-state index >= 15 is 0 Å². The van der Waals surface area contributed by atoms with Crippen LogP contribution in [-0.4, -0.2) is 11.7 Å². The molecule has 0 aromatic heterocycles. The van der Waals surface area contributed by atoms with Crippen LogP contribution >= 0.6 is 0 Å². The van der Waals surface area contributed by atoms with Gasteiger partial charge in [0.05, 0.1) is 12.2 Å². The van der Waals surface area contributed by atoms with Crippen molar-refractivity contribution in [3.63, 3.8) is 0 Å². The summed E-state index contributed by atoms with van der Waals surface area (Å²) in [5.41, 5.74) is -1.11. The van der Waals surface area contributed by atoms with Gasteiger partial charge in [0.25, 0.3) is 0 Å². The first kappa shape index (κ1) is 11.7. The second-order valence-electron chi connectivity index (χ2n) is 2.81. The Morgan fingerprint density at radius 1 is 1.33 bits per heavy atom. The van der Waals surface area contributed by atoms with Gasteiger partial charge in [0, 0.05) is 5.56 Å². The van der Waals surface area contributed by atoms with E-state index < -0.39 is 24.2 Å². The molecule has 0 amide bonds. The van der Waals surface area contributed by atoms with Gasteiger partial charge in [0.1, 0.15) is 5.83 Å². The molecule has 0 radical (unpaired) electrons. The average molecular weight is 220 g/mol. The fourth-order valence-electron chi connectivity index (χ4n) is 1.04. The highest BCUT2D eigenvalue weighted by Crippen LogP contribution is 2.31. The lowest BCUT2D eigenvalue weighted by Gasteiger charge is -2.07. The molecule has 82 valence electrons. The summed E-state index contributed by atoms with van der Waals surface area (Å²) in [7, 11) is 0. The molecule has 1 aromatic rings. The van der Waals surface area contributed by atoms with Crippen molar-refractivity contribution < 1.29 is 22.7 Å². The SMILES string of the molecule is OCC=C(F)c1cccc(C(F)(F)F)c1. The second kappa shape index (κ2) is 4.44. The van der Waals surface area contributed by atoms with Crippen molar-refractivity contribution in [3.05, 3.63) is 41.5 Å². The predicted molar refractivity (Wildman–Crippen MR) is 47.6 cm³/mol. The molecule has 1 rings (SSSR count). The Morgan fingerprint density at radius 3 is 2.53 bits per heavy atom. The number of aliphatic hydroxyl groups is 1. The molecular formula is C10H8F4O. The molecule has 15 heavy (non-hydrogen) atoms. The predicted octanol–water partition coefficient (Wildman–Crippen LogP) is 3.01. The standard InChI is InChI=1S/C10H8F4O/c11-9(4-5-15)7-2-1-3-8(6-7)10(12,13)14/h1-4,6,15H,5H2. The van der Waals surface area contributed by atoms with Gasteiger partial charge in [0.15, 0.2) is 0 Å². The molecule has 0 fully saturated rings. The maximum absolute atomic E-state index is 13.0. The Labute approximate surface area is 83.7 Å². The Kier molecular flexibility index (Phi) is 3.47. The van der Waals surface area contributed by atoms with Crippen LogP contribution in [0.4, 0.5) is 17.6 Å². The number of hydrogen-bond acceptors (Lipinski definition) is 1. The number of hydrogen-bond donors (Lipinski definition) is 1. The maximum atomic E-state index is 13.0. The van der Waals surface area contributed by atoms with E-state index in [1.165, 1.54) is 6.07 Å². The van der Waals surface area contributed by atoms with Gasteiger partial charge in [-0.25, -0.2) is 4.39 Å². The van der Waals surface area contributed by atoms with Gasteiger partial charge in [-0.1, -0.05) is 12.1 Å². The minimum absolute atomic E-state index is 0.195. The van der Waals surface area contributed by atoms with Crippen LogP contribution in [0.5, 0.6) is 0 Å². The molecule has 1 nitrogen and oxygen atoms in total. The molecule has 0 aliphatic heterocycles. The molecular weight excluding hydrogens is 212 g/mol. The van der Waals surface area contributed by atoms with E-state index in [0.29, 0.717) is 6.07 Å². The number of halogens is 4. The third kappa shape index (κ3) is 3.06. The van der Waals surface area contributed by atoms with Crippen LogP contribution in [0.25, 0.3) is 5.83 Å². The van der Waals surface area contributed by atoms with Crippen molar-refractivity contribution in [2.75, 3.05) is 6.61 Å². The molecule has 5 heteroatoms. The molecule has 0 aliphatic rings. The van der Waals surface area contributed by atoms with Gasteiger partial charge in [-0.05, 0) is 18.2 Å². The van der Waals surface area contributed by atoms with E-state index in [-0.39, 0.29) is 5.56 Å². The Balaban J connectivity index is 3.08. The van der Waals surface area contributed by atoms with E-state index in [1.54, 1.807) is 0 Å². The third-order valence-corrected chi connectivity index (χ3v) is 1.74. The minimum atomic E-state index is -4.49. The van der Waals surface area contributed by atoms with Gasteiger partial charge in [-0.15, -0.1) is 0 Å². The molecule has 0 atom stereocenters.